The summed E-state index contributed by atoms with van der Waals surface area (Å²) < 4.78 is 11.3. The molecule has 0 bridgehead atoms. The number of halogens is 1. The highest BCUT2D eigenvalue weighted by Gasteiger charge is 2.19. The first-order chi connectivity index (χ1) is 12.7. The molecule has 1 aromatic heterocycles. The highest BCUT2D eigenvalue weighted by molar-refractivity contribution is 6.35. The van der Waals surface area contributed by atoms with Crippen LogP contribution in [0.15, 0.2) is 47.0 Å². The molecule has 0 saturated carbocycles. The van der Waals surface area contributed by atoms with Gasteiger partial charge in [0.25, 0.3) is 0 Å². The van der Waals surface area contributed by atoms with Crippen molar-refractivity contribution in [3.8, 4) is 17.0 Å². The molecule has 1 fully saturated rings. The third-order valence-electron chi connectivity index (χ3n) is 4.72. The summed E-state index contributed by atoms with van der Waals surface area (Å²) in [5, 5.41) is 15.2. The van der Waals surface area contributed by atoms with Gasteiger partial charge in [-0.15, -0.1) is 0 Å². The summed E-state index contributed by atoms with van der Waals surface area (Å²) in [6.45, 7) is 3.21. The highest BCUT2D eigenvalue weighted by Crippen LogP contribution is 2.37. The van der Waals surface area contributed by atoms with Gasteiger partial charge in [0, 0.05) is 30.6 Å². The summed E-state index contributed by atoms with van der Waals surface area (Å²) >= 11 is 6.58. The third kappa shape index (κ3) is 3.56. The molecule has 1 saturated heterocycles. The SMILES string of the molecule is OC1CCN(CCCOc2cccc(-c3noc4ccccc34)c2Cl)C1. The summed E-state index contributed by atoms with van der Waals surface area (Å²) in [5.41, 5.74) is 2.26. The average molecular weight is 373 g/mol. The van der Waals surface area contributed by atoms with E-state index in [9.17, 15) is 5.11 Å². The van der Waals surface area contributed by atoms with Gasteiger partial charge in [0.15, 0.2) is 5.58 Å². The molecule has 136 valence electrons. The molecule has 0 amide bonds. The Morgan fingerprint density at radius 3 is 2.96 bits per heavy atom. The van der Waals surface area contributed by atoms with Crippen LogP contribution in [0.5, 0.6) is 5.75 Å². The first-order valence-corrected chi connectivity index (χ1v) is 9.26. The van der Waals surface area contributed by atoms with E-state index in [1.807, 2.05) is 42.5 Å². The van der Waals surface area contributed by atoms with Gasteiger partial charge in [0.2, 0.25) is 0 Å². The van der Waals surface area contributed by atoms with Crippen molar-refractivity contribution >= 4 is 22.6 Å². The number of benzene rings is 2. The second-order valence-corrected chi connectivity index (χ2v) is 6.97. The topological polar surface area (TPSA) is 58.7 Å². The molecule has 2 heterocycles. The van der Waals surface area contributed by atoms with Crippen LogP contribution in [0.1, 0.15) is 12.8 Å². The standard InChI is InChI=1S/C20H21ClN2O3/c21-19-16(20-15-5-1-2-7-17(15)26-22-20)6-3-8-18(19)25-12-4-10-23-11-9-14(24)13-23/h1-3,5-8,14,24H,4,9-13H2. The first kappa shape index (κ1) is 17.3. The number of likely N-dealkylation sites (tertiary alicyclic amines) is 1. The fourth-order valence-electron chi connectivity index (χ4n) is 3.37. The number of fused-ring (bicyclic) bond motifs is 1. The maximum atomic E-state index is 9.56. The molecule has 1 aliphatic heterocycles. The minimum absolute atomic E-state index is 0.181. The van der Waals surface area contributed by atoms with Crippen molar-refractivity contribution in [2.24, 2.45) is 0 Å². The Morgan fingerprint density at radius 2 is 2.12 bits per heavy atom. The predicted octanol–water partition coefficient (Wildman–Crippen LogP) is 3.98. The van der Waals surface area contributed by atoms with Gasteiger partial charge in [0.1, 0.15) is 11.4 Å². The Morgan fingerprint density at radius 1 is 1.23 bits per heavy atom. The lowest BCUT2D eigenvalue weighted by Crippen LogP contribution is -2.24. The number of ether oxygens (including phenoxy) is 1. The molecule has 1 unspecified atom stereocenters. The largest absolute Gasteiger partial charge is 0.492 e. The summed E-state index contributed by atoms with van der Waals surface area (Å²) in [6.07, 6.45) is 1.57. The third-order valence-corrected chi connectivity index (χ3v) is 5.11. The van der Waals surface area contributed by atoms with Gasteiger partial charge in [-0.3, -0.25) is 0 Å². The minimum atomic E-state index is -0.181. The van der Waals surface area contributed by atoms with Crippen LogP contribution in [0, 0.1) is 0 Å². The molecule has 26 heavy (non-hydrogen) atoms. The summed E-state index contributed by atoms with van der Waals surface area (Å²) in [7, 11) is 0. The van der Waals surface area contributed by atoms with E-state index in [0.717, 1.165) is 54.7 Å². The lowest BCUT2D eigenvalue weighted by atomic mass is 10.1. The van der Waals surface area contributed by atoms with Gasteiger partial charge in [-0.05, 0) is 31.0 Å². The van der Waals surface area contributed by atoms with E-state index in [4.69, 9.17) is 20.9 Å². The van der Waals surface area contributed by atoms with E-state index in [1.165, 1.54) is 0 Å². The van der Waals surface area contributed by atoms with Crippen LogP contribution < -0.4 is 4.74 Å². The van der Waals surface area contributed by atoms with Crippen LogP contribution in [0.3, 0.4) is 0 Å². The summed E-state index contributed by atoms with van der Waals surface area (Å²) in [5.74, 6) is 0.651. The molecule has 1 atom stereocenters. The van der Waals surface area contributed by atoms with E-state index in [0.29, 0.717) is 17.4 Å². The number of para-hydroxylation sites is 1. The Hall–Kier alpha value is -2.08. The fourth-order valence-corrected chi connectivity index (χ4v) is 3.64. The molecule has 0 radical (unpaired) electrons. The van der Waals surface area contributed by atoms with Crippen LogP contribution in [-0.4, -0.2) is 47.5 Å². The Balaban J connectivity index is 1.44. The lowest BCUT2D eigenvalue weighted by Gasteiger charge is -2.15. The van der Waals surface area contributed by atoms with Gasteiger partial charge < -0.3 is 19.3 Å². The molecule has 0 spiro atoms. The van der Waals surface area contributed by atoms with Gasteiger partial charge in [-0.1, -0.05) is 41.0 Å². The molecular weight excluding hydrogens is 352 g/mol. The van der Waals surface area contributed by atoms with Crippen molar-refractivity contribution < 1.29 is 14.4 Å². The quantitative estimate of drug-likeness (QED) is 0.663. The number of aliphatic hydroxyl groups is 1. The van der Waals surface area contributed by atoms with Crippen molar-refractivity contribution in [2.45, 2.75) is 18.9 Å². The summed E-state index contributed by atoms with van der Waals surface area (Å²) in [6, 6.07) is 13.4. The normalized spacial score (nSPS) is 17.8. The zero-order valence-corrected chi connectivity index (χ0v) is 15.2. The Bertz CT molecular complexity index is 896. The van der Waals surface area contributed by atoms with Crippen molar-refractivity contribution in [3.05, 3.63) is 47.5 Å². The van der Waals surface area contributed by atoms with Gasteiger partial charge in [-0.2, -0.15) is 0 Å². The molecule has 1 aliphatic rings. The lowest BCUT2D eigenvalue weighted by molar-refractivity contribution is 0.173. The number of aliphatic hydroxyl groups excluding tert-OH is 1. The monoisotopic (exact) mass is 372 g/mol. The minimum Gasteiger partial charge on any atom is -0.492 e. The zero-order chi connectivity index (χ0) is 17.9. The maximum Gasteiger partial charge on any atom is 0.167 e. The average Bonchev–Trinajstić information content (AvgIpc) is 3.26. The Labute approximate surface area is 157 Å². The molecule has 3 aromatic rings. The van der Waals surface area contributed by atoms with Crippen molar-refractivity contribution in [2.75, 3.05) is 26.2 Å². The van der Waals surface area contributed by atoms with E-state index < -0.39 is 0 Å². The number of rotatable bonds is 6. The molecular formula is C20H21ClN2O3. The van der Waals surface area contributed by atoms with Gasteiger partial charge >= 0.3 is 0 Å². The number of hydrogen-bond donors (Lipinski definition) is 1. The molecule has 4 rings (SSSR count). The van der Waals surface area contributed by atoms with Crippen LogP contribution >= 0.6 is 11.6 Å². The zero-order valence-electron chi connectivity index (χ0n) is 14.4. The van der Waals surface area contributed by atoms with E-state index in [-0.39, 0.29) is 6.10 Å². The smallest absolute Gasteiger partial charge is 0.167 e. The second kappa shape index (κ2) is 7.66. The van der Waals surface area contributed by atoms with E-state index >= 15 is 0 Å². The molecule has 1 N–H and O–H groups in total. The molecule has 6 heteroatoms. The van der Waals surface area contributed by atoms with Crippen molar-refractivity contribution in [1.29, 1.82) is 0 Å². The Kier molecular flexibility index (Phi) is 5.11. The van der Waals surface area contributed by atoms with Crippen LogP contribution in [0.4, 0.5) is 0 Å². The highest BCUT2D eigenvalue weighted by atomic mass is 35.5. The van der Waals surface area contributed by atoms with Gasteiger partial charge in [-0.25, -0.2) is 0 Å². The summed E-state index contributed by atoms with van der Waals surface area (Å²) in [4.78, 5) is 2.26. The molecule has 2 aromatic carbocycles. The van der Waals surface area contributed by atoms with Gasteiger partial charge in [0.05, 0.1) is 17.7 Å². The number of aromatic nitrogens is 1. The van der Waals surface area contributed by atoms with E-state index in [1.54, 1.807) is 0 Å². The molecule has 0 aliphatic carbocycles. The fraction of sp³-hybridized carbons (Fsp3) is 0.350. The number of β-amino-alcohol motifs (C(OH)–C–C–N with tert-alkyl or cyclic N) is 1. The predicted molar refractivity (Wildman–Crippen MR) is 102 cm³/mol. The van der Waals surface area contributed by atoms with E-state index in [2.05, 4.69) is 10.1 Å². The van der Waals surface area contributed by atoms with Crippen molar-refractivity contribution in [1.82, 2.24) is 10.1 Å². The van der Waals surface area contributed by atoms with Crippen LogP contribution in [-0.2, 0) is 0 Å². The van der Waals surface area contributed by atoms with Crippen LogP contribution in [0.25, 0.3) is 22.2 Å². The first-order valence-electron chi connectivity index (χ1n) is 8.89. The van der Waals surface area contributed by atoms with Crippen molar-refractivity contribution in [3.63, 3.8) is 0 Å². The second-order valence-electron chi connectivity index (χ2n) is 6.59. The molecule has 5 nitrogen and oxygen atoms in total. The maximum absolute atomic E-state index is 9.56. The van der Waals surface area contributed by atoms with Crippen LogP contribution in [0.2, 0.25) is 5.02 Å². The number of hydrogen-bond acceptors (Lipinski definition) is 5. The number of nitrogens with zero attached hydrogens (tertiary/aromatic N) is 2.